The van der Waals surface area contributed by atoms with Crippen LogP contribution in [0, 0.1) is 5.92 Å². The Labute approximate surface area is 149 Å². The van der Waals surface area contributed by atoms with Crippen molar-refractivity contribution in [2.24, 2.45) is 5.92 Å². The van der Waals surface area contributed by atoms with Gasteiger partial charge in [-0.3, -0.25) is 4.79 Å². The molecule has 1 atom stereocenters. The van der Waals surface area contributed by atoms with Crippen LogP contribution in [0.2, 0.25) is 0 Å². The number of nitrogens with one attached hydrogen (secondary N) is 1. The maximum absolute atomic E-state index is 12.2. The number of carbonyl (C=O) groups excluding carboxylic acids is 2. The summed E-state index contributed by atoms with van der Waals surface area (Å²) >= 11 is 0. The molecular weight excluding hydrogens is 320 g/mol. The number of carbonyl (C=O) groups is 2. The number of piperidine rings is 1. The summed E-state index contributed by atoms with van der Waals surface area (Å²) < 4.78 is 10.6. The van der Waals surface area contributed by atoms with E-state index in [2.05, 4.69) is 5.32 Å². The first-order chi connectivity index (χ1) is 11.8. The molecule has 0 aromatic carbocycles. The molecule has 1 aromatic heterocycles. The van der Waals surface area contributed by atoms with Gasteiger partial charge in [0.15, 0.2) is 0 Å². The van der Waals surface area contributed by atoms with E-state index in [1.54, 1.807) is 29.4 Å². The number of amides is 2. The maximum atomic E-state index is 12.2. The summed E-state index contributed by atoms with van der Waals surface area (Å²) in [5, 5.41) is 2.87. The van der Waals surface area contributed by atoms with Crippen molar-refractivity contribution in [1.29, 1.82) is 0 Å². The molecule has 25 heavy (non-hydrogen) atoms. The Bertz CT molecular complexity index is 587. The molecule has 0 bridgehead atoms. The lowest BCUT2D eigenvalue weighted by Gasteiger charge is -2.34. The predicted octanol–water partition coefficient (Wildman–Crippen LogP) is 3.45. The van der Waals surface area contributed by atoms with Crippen molar-refractivity contribution < 1.29 is 18.7 Å². The number of nitrogens with zero attached hydrogens (tertiary/aromatic N) is 1. The molecule has 6 nitrogen and oxygen atoms in total. The van der Waals surface area contributed by atoms with Crippen LogP contribution in [-0.2, 0) is 9.53 Å². The second-order valence-electron chi connectivity index (χ2n) is 7.36. The molecule has 0 saturated carbocycles. The largest absolute Gasteiger partial charge is 0.465 e. The lowest BCUT2D eigenvalue weighted by atomic mass is 9.95. The summed E-state index contributed by atoms with van der Waals surface area (Å²) in [6.45, 7) is 7.64. The van der Waals surface area contributed by atoms with Crippen molar-refractivity contribution >= 4 is 18.1 Å². The van der Waals surface area contributed by atoms with Crippen molar-refractivity contribution in [2.75, 3.05) is 19.6 Å². The zero-order chi connectivity index (χ0) is 18.3. The smallest absolute Gasteiger partial charge is 0.410 e. The fourth-order valence-electron chi connectivity index (χ4n) is 2.80. The van der Waals surface area contributed by atoms with Crippen molar-refractivity contribution in [3.8, 4) is 0 Å². The highest BCUT2D eigenvalue weighted by molar-refractivity contribution is 5.91. The van der Waals surface area contributed by atoms with Gasteiger partial charge in [0.05, 0.1) is 6.26 Å². The molecule has 2 heterocycles. The maximum Gasteiger partial charge on any atom is 0.410 e. The summed E-state index contributed by atoms with van der Waals surface area (Å²) in [6.07, 6.45) is 7.31. The highest BCUT2D eigenvalue weighted by Crippen LogP contribution is 2.21. The highest BCUT2D eigenvalue weighted by atomic mass is 16.6. The molecule has 0 aliphatic carbocycles. The number of hydrogen-bond acceptors (Lipinski definition) is 4. The zero-order valence-electron chi connectivity index (χ0n) is 15.3. The Hall–Kier alpha value is -2.24. The Morgan fingerprint density at radius 3 is 2.92 bits per heavy atom. The van der Waals surface area contributed by atoms with Gasteiger partial charge >= 0.3 is 6.09 Å². The highest BCUT2D eigenvalue weighted by Gasteiger charge is 2.27. The summed E-state index contributed by atoms with van der Waals surface area (Å²) in [5.74, 6) is 0.891. The third kappa shape index (κ3) is 7.03. The summed E-state index contributed by atoms with van der Waals surface area (Å²) in [6, 6.07) is 3.56. The Balaban J connectivity index is 1.70. The minimum absolute atomic E-state index is 0.142. The fraction of sp³-hybridized carbons (Fsp3) is 0.579. The molecule has 1 unspecified atom stereocenters. The normalized spacial score (nSPS) is 18.4. The molecule has 1 saturated heterocycles. The Morgan fingerprint density at radius 2 is 2.24 bits per heavy atom. The standard InChI is InChI=1S/C19H28N2O4/c1-19(2,3)25-18(23)21-12-4-6-15(14-21)10-11-20-17(22)9-8-16-7-5-13-24-16/h5,7-9,13,15H,4,6,10-12,14H2,1-3H3,(H,20,22)/b9-8+. The van der Waals surface area contributed by atoms with E-state index in [1.165, 1.54) is 6.08 Å². The molecular formula is C19H28N2O4. The molecule has 1 N–H and O–H groups in total. The first-order valence-corrected chi connectivity index (χ1v) is 8.81. The zero-order valence-corrected chi connectivity index (χ0v) is 15.3. The Kier molecular flexibility index (Phi) is 6.67. The fourth-order valence-corrected chi connectivity index (χ4v) is 2.80. The van der Waals surface area contributed by atoms with E-state index in [1.807, 2.05) is 20.8 Å². The van der Waals surface area contributed by atoms with Gasteiger partial charge in [-0.1, -0.05) is 0 Å². The van der Waals surface area contributed by atoms with Crippen LogP contribution in [0.1, 0.15) is 45.8 Å². The number of furan rings is 1. The molecule has 0 spiro atoms. The van der Waals surface area contributed by atoms with Gasteiger partial charge in [0.25, 0.3) is 0 Å². The average Bonchev–Trinajstić information content (AvgIpc) is 3.05. The quantitative estimate of drug-likeness (QED) is 0.827. The SMILES string of the molecule is CC(C)(C)OC(=O)N1CCCC(CCNC(=O)/C=C/c2ccco2)C1. The van der Waals surface area contributed by atoms with Gasteiger partial charge in [-0.05, 0) is 64.2 Å². The minimum atomic E-state index is -0.474. The lowest BCUT2D eigenvalue weighted by molar-refractivity contribution is -0.116. The molecule has 2 amide bonds. The second-order valence-corrected chi connectivity index (χ2v) is 7.36. The van der Waals surface area contributed by atoms with Crippen LogP contribution in [0.3, 0.4) is 0 Å². The van der Waals surface area contributed by atoms with E-state index in [4.69, 9.17) is 9.15 Å². The second kappa shape index (κ2) is 8.74. The molecule has 2 rings (SSSR count). The molecule has 1 aliphatic heterocycles. The first kappa shape index (κ1) is 19.1. The van der Waals surface area contributed by atoms with Gasteiger partial charge in [0, 0.05) is 25.7 Å². The molecule has 138 valence electrons. The van der Waals surface area contributed by atoms with E-state index < -0.39 is 5.60 Å². The van der Waals surface area contributed by atoms with Gasteiger partial charge in [0.2, 0.25) is 5.91 Å². The van der Waals surface area contributed by atoms with Crippen molar-refractivity contribution in [1.82, 2.24) is 10.2 Å². The summed E-state index contributed by atoms with van der Waals surface area (Å²) in [4.78, 5) is 25.7. The van der Waals surface area contributed by atoms with Gasteiger partial charge in [0.1, 0.15) is 11.4 Å². The number of hydrogen-bond donors (Lipinski definition) is 1. The van der Waals surface area contributed by atoms with Crippen molar-refractivity contribution in [2.45, 2.75) is 45.6 Å². The van der Waals surface area contributed by atoms with Crippen molar-refractivity contribution in [3.63, 3.8) is 0 Å². The number of rotatable bonds is 5. The van der Waals surface area contributed by atoms with E-state index in [0.717, 1.165) is 25.8 Å². The van der Waals surface area contributed by atoms with Gasteiger partial charge in [-0.2, -0.15) is 0 Å². The molecule has 6 heteroatoms. The number of ether oxygens (including phenoxy) is 1. The van der Waals surface area contributed by atoms with Gasteiger partial charge < -0.3 is 19.4 Å². The van der Waals surface area contributed by atoms with Crippen LogP contribution < -0.4 is 5.32 Å². The third-order valence-electron chi connectivity index (χ3n) is 3.96. The minimum Gasteiger partial charge on any atom is -0.465 e. The van der Waals surface area contributed by atoms with Gasteiger partial charge in [-0.15, -0.1) is 0 Å². The molecule has 1 aliphatic rings. The van der Waals surface area contributed by atoms with Gasteiger partial charge in [-0.25, -0.2) is 4.79 Å². The predicted molar refractivity (Wildman–Crippen MR) is 95.9 cm³/mol. The van der Waals surface area contributed by atoms with Crippen LogP contribution in [0.25, 0.3) is 6.08 Å². The average molecular weight is 348 g/mol. The van der Waals surface area contributed by atoms with E-state index in [0.29, 0.717) is 24.8 Å². The van der Waals surface area contributed by atoms with E-state index in [-0.39, 0.29) is 12.0 Å². The summed E-state index contributed by atoms with van der Waals surface area (Å²) in [5.41, 5.74) is -0.474. The van der Waals surface area contributed by atoms with E-state index >= 15 is 0 Å². The topological polar surface area (TPSA) is 71.8 Å². The number of likely N-dealkylation sites (tertiary alicyclic amines) is 1. The van der Waals surface area contributed by atoms with Crippen LogP contribution in [-0.4, -0.2) is 42.1 Å². The monoisotopic (exact) mass is 348 g/mol. The lowest BCUT2D eigenvalue weighted by Crippen LogP contribution is -2.43. The first-order valence-electron chi connectivity index (χ1n) is 8.81. The molecule has 0 radical (unpaired) electrons. The molecule has 1 aromatic rings. The third-order valence-corrected chi connectivity index (χ3v) is 3.96. The molecule has 1 fully saturated rings. The van der Waals surface area contributed by atoms with Crippen LogP contribution in [0.5, 0.6) is 0 Å². The van der Waals surface area contributed by atoms with E-state index in [9.17, 15) is 9.59 Å². The summed E-state index contributed by atoms with van der Waals surface area (Å²) in [7, 11) is 0. The Morgan fingerprint density at radius 1 is 1.44 bits per heavy atom. The van der Waals surface area contributed by atoms with Crippen LogP contribution >= 0.6 is 0 Å². The van der Waals surface area contributed by atoms with Crippen LogP contribution in [0.15, 0.2) is 28.9 Å². The van der Waals surface area contributed by atoms with Crippen LogP contribution in [0.4, 0.5) is 4.79 Å². The van der Waals surface area contributed by atoms with Crippen molar-refractivity contribution in [3.05, 3.63) is 30.2 Å².